The molecule has 0 aliphatic rings. The van der Waals surface area contributed by atoms with Crippen molar-refractivity contribution >= 4 is 23.7 Å². The number of benzene rings is 1. The van der Waals surface area contributed by atoms with Crippen LogP contribution in [0.25, 0.3) is 0 Å². The van der Waals surface area contributed by atoms with Crippen molar-refractivity contribution in [2.75, 3.05) is 25.0 Å². The van der Waals surface area contributed by atoms with Crippen molar-refractivity contribution in [2.24, 2.45) is 5.73 Å². The normalized spacial score (nSPS) is 11.9. The molecule has 30 heavy (non-hydrogen) atoms. The van der Waals surface area contributed by atoms with Crippen LogP contribution in [0.3, 0.4) is 0 Å². The summed E-state index contributed by atoms with van der Waals surface area (Å²) in [7, 11) is 0. The highest BCUT2D eigenvalue weighted by Gasteiger charge is 2.17. The number of aryl methyl sites for hydroxylation is 1. The molecule has 4 amide bonds. The van der Waals surface area contributed by atoms with E-state index in [1.807, 2.05) is 31.2 Å². The van der Waals surface area contributed by atoms with Crippen LogP contribution in [0.2, 0.25) is 0 Å². The molecule has 0 spiro atoms. The first-order valence-corrected chi connectivity index (χ1v) is 10.2. The number of para-hydroxylation sites is 1. The highest BCUT2D eigenvalue weighted by atomic mass is 16.6. The average Bonchev–Trinajstić information content (AvgIpc) is 2.65. The number of anilines is 1. The van der Waals surface area contributed by atoms with Gasteiger partial charge in [-0.25, -0.2) is 9.59 Å². The summed E-state index contributed by atoms with van der Waals surface area (Å²) in [6, 6.07) is 7.12. The zero-order chi connectivity index (χ0) is 22.6. The number of rotatable bonds is 10. The fraction of sp³-hybridized carbons (Fsp3) is 0.571. The number of amides is 4. The minimum Gasteiger partial charge on any atom is -0.444 e. The molecule has 0 heterocycles. The summed E-state index contributed by atoms with van der Waals surface area (Å²) in [4.78, 5) is 35.5. The van der Waals surface area contributed by atoms with Crippen LogP contribution in [-0.2, 0) is 9.53 Å². The Hall–Kier alpha value is -2.81. The minimum absolute atomic E-state index is 0.175. The van der Waals surface area contributed by atoms with Crippen molar-refractivity contribution in [3.05, 3.63) is 29.8 Å². The van der Waals surface area contributed by atoms with Gasteiger partial charge in [-0.3, -0.25) is 4.79 Å². The van der Waals surface area contributed by atoms with Crippen LogP contribution in [0.15, 0.2) is 24.3 Å². The number of urea groups is 1. The third-order valence-corrected chi connectivity index (χ3v) is 4.10. The first kappa shape index (κ1) is 25.2. The highest BCUT2D eigenvalue weighted by Crippen LogP contribution is 2.12. The third-order valence-electron chi connectivity index (χ3n) is 4.10. The third kappa shape index (κ3) is 11.3. The van der Waals surface area contributed by atoms with Crippen molar-refractivity contribution < 1.29 is 19.1 Å². The highest BCUT2D eigenvalue weighted by molar-refractivity contribution is 5.89. The van der Waals surface area contributed by atoms with E-state index in [1.165, 1.54) is 0 Å². The van der Waals surface area contributed by atoms with Crippen LogP contribution < -0.4 is 27.0 Å². The van der Waals surface area contributed by atoms with Gasteiger partial charge in [0, 0.05) is 24.8 Å². The van der Waals surface area contributed by atoms with Gasteiger partial charge in [-0.15, -0.1) is 0 Å². The molecule has 1 aromatic rings. The second-order valence-corrected chi connectivity index (χ2v) is 8.05. The summed E-state index contributed by atoms with van der Waals surface area (Å²) in [5, 5.41) is 10.8. The fourth-order valence-electron chi connectivity index (χ4n) is 2.59. The molecule has 6 N–H and O–H groups in total. The van der Waals surface area contributed by atoms with E-state index < -0.39 is 11.7 Å². The van der Waals surface area contributed by atoms with E-state index in [0.29, 0.717) is 19.5 Å². The molecule has 168 valence electrons. The molecule has 0 aliphatic carbocycles. The van der Waals surface area contributed by atoms with Gasteiger partial charge in [-0.05, 0) is 58.6 Å². The first-order valence-electron chi connectivity index (χ1n) is 10.2. The maximum Gasteiger partial charge on any atom is 0.408 e. The average molecular weight is 422 g/mol. The topological polar surface area (TPSA) is 135 Å². The Labute approximate surface area is 178 Å². The van der Waals surface area contributed by atoms with Crippen LogP contribution in [0, 0.1) is 6.92 Å². The van der Waals surface area contributed by atoms with Gasteiger partial charge in [0.15, 0.2) is 0 Å². The molecule has 0 saturated carbocycles. The maximum absolute atomic E-state index is 12.0. The summed E-state index contributed by atoms with van der Waals surface area (Å²) in [5.41, 5.74) is 6.87. The van der Waals surface area contributed by atoms with Crippen LogP contribution in [-0.4, -0.2) is 49.3 Å². The Kier molecular flexibility index (Phi) is 10.7. The molecule has 9 nitrogen and oxygen atoms in total. The quantitative estimate of drug-likeness (QED) is 0.369. The Balaban J connectivity index is 2.19. The summed E-state index contributed by atoms with van der Waals surface area (Å²) >= 11 is 0. The maximum atomic E-state index is 12.0. The molecule has 9 heteroatoms. The van der Waals surface area contributed by atoms with Crippen molar-refractivity contribution in [3.8, 4) is 0 Å². The van der Waals surface area contributed by atoms with E-state index in [1.54, 1.807) is 20.8 Å². The van der Waals surface area contributed by atoms with Gasteiger partial charge in [0.25, 0.3) is 0 Å². The van der Waals surface area contributed by atoms with E-state index in [0.717, 1.165) is 24.1 Å². The van der Waals surface area contributed by atoms with Crippen molar-refractivity contribution in [3.63, 3.8) is 0 Å². The Bertz CT molecular complexity index is 703. The number of hydrogen-bond donors (Lipinski definition) is 5. The van der Waals surface area contributed by atoms with Gasteiger partial charge in [-0.2, -0.15) is 0 Å². The van der Waals surface area contributed by atoms with Crippen LogP contribution in [0.4, 0.5) is 15.3 Å². The number of hydrogen-bond acceptors (Lipinski definition) is 5. The van der Waals surface area contributed by atoms with Crippen molar-refractivity contribution in [1.29, 1.82) is 0 Å². The summed E-state index contributed by atoms with van der Waals surface area (Å²) in [6.07, 6.45) is 1.57. The summed E-state index contributed by atoms with van der Waals surface area (Å²) < 4.78 is 5.08. The molecular weight excluding hydrogens is 386 g/mol. The minimum atomic E-state index is -0.642. The number of ether oxygens (including phenoxy) is 1. The second kappa shape index (κ2) is 12.7. The van der Waals surface area contributed by atoms with Gasteiger partial charge in [-0.1, -0.05) is 18.2 Å². The molecule has 1 atom stereocenters. The lowest BCUT2D eigenvalue weighted by Crippen LogP contribution is -2.45. The predicted molar refractivity (Wildman–Crippen MR) is 117 cm³/mol. The van der Waals surface area contributed by atoms with E-state index in [2.05, 4.69) is 21.3 Å². The van der Waals surface area contributed by atoms with Gasteiger partial charge in [0.1, 0.15) is 12.1 Å². The van der Waals surface area contributed by atoms with Gasteiger partial charge in [0.2, 0.25) is 5.91 Å². The number of nitrogens with two attached hydrogens (primary N) is 1. The number of carbonyl (C=O) groups is 3. The lowest BCUT2D eigenvalue weighted by molar-refractivity contribution is -0.121. The Morgan fingerprint density at radius 3 is 2.43 bits per heavy atom. The zero-order valence-corrected chi connectivity index (χ0v) is 18.3. The van der Waals surface area contributed by atoms with Gasteiger partial charge < -0.3 is 31.7 Å². The molecule has 0 radical (unpaired) electrons. The van der Waals surface area contributed by atoms with Crippen LogP contribution in [0.1, 0.15) is 45.6 Å². The van der Waals surface area contributed by atoms with E-state index in [-0.39, 0.29) is 24.5 Å². The molecule has 0 unspecified atom stereocenters. The molecule has 0 aliphatic heterocycles. The number of alkyl carbamates (subject to hydrolysis) is 1. The Morgan fingerprint density at radius 1 is 1.10 bits per heavy atom. The Morgan fingerprint density at radius 2 is 1.80 bits per heavy atom. The van der Waals surface area contributed by atoms with E-state index >= 15 is 0 Å². The largest absolute Gasteiger partial charge is 0.444 e. The molecule has 0 fully saturated rings. The molecule has 1 rings (SSSR count). The first-order chi connectivity index (χ1) is 14.1. The monoisotopic (exact) mass is 421 g/mol. The zero-order valence-electron chi connectivity index (χ0n) is 18.3. The molecule has 0 aromatic heterocycles. The number of carbonyl (C=O) groups excluding carboxylic acids is 3. The lowest BCUT2D eigenvalue weighted by Gasteiger charge is -2.20. The SMILES string of the molecule is Cc1ccccc1NC(=O)NCCCC[C@H](CN)NC(=O)CNC(=O)OC(C)(C)C. The summed E-state index contributed by atoms with van der Waals surface area (Å²) in [5.74, 6) is -0.327. The van der Waals surface area contributed by atoms with E-state index in [4.69, 9.17) is 10.5 Å². The number of unbranched alkanes of at least 4 members (excludes halogenated alkanes) is 1. The number of nitrogens with one attached hydrogen (secondary N) is 4. The van der Waals surface area contributed by atoms with Gasteiger partial charge in [0.05, 0.1) is 0 Å². The van der Waals surface area contributed by atoms with Crippen LogP contribution in [0.5, 0.6) is 0 Å². The summed E-state index contributed by atoms with van der Waals surface area (Å²) in [6.45, 7) is 7.81. The van der Waals surface area contributed by atoms with Gasteiger partial charge >= 0.3 is 12.1 Å². The van der Waals surface area contributed by atoms with Crippen LogP contribution >= 0.6 is 0 Å². The molecule has 1 aromatic carbocycles. The molecular formula is C21H35N5O4. The second-order valence-electron chi connectivity index (χ2n) is 8.05. The standard InChI is InChI=1S/C21H35N5O4/c1-15-9-5-6-11-17(15)26-19(28)23-12-8-7-10-16(13-22)25-18(27)14-24-20(29)30-21(2,3)4/h5-6,9,11,16H,7-8,10,12-14,22H2,1-4H3,(H,24,29)(H,25,27)(H2,23,26,28)/t16-/m1/s1. The lowest BCUT2D eigenvalue weighted by atomic mass is 10.1. The smallest absolute Gasteiger partial charge is 0.408 e. The molecule has 0 saturated heterocycles. The van der Waals surface area contributed by atoms with Crippen molar-refractivity contribution in [1.82, 2.24) is 16.0 Å². The van der Waals surface area contributed by atoms with E-state index in [9.17, 15) is 14.4 Å². The fourth-order valence-corrected chi connectivity index (χ4v) is 2.59. The predicted octanol–water partition coefficient (Wildman–Crippen LogP) is 2.26. The van der Waals surface area contributed by atoms with Crippen molar-refractivity contribution in [2.45, 2.75) is 58.6 Å². The molecule has 0 bridgehead atoms.